The second kappa shape index (κ2) is 12.2. The van der Waals surface area contributed by atoms with Gasteiger partial charge in [0.2, 0.25) is 17.7 Å². The molecular weight excluding hydrogens is 526 g/mol. The van der Waals surface area contributed by atoms with Crippen LogP contribution in [0.15, 0.2) is 54.6 Å². The molecule has 2 saturated heterocycles. The lowest BCUT2D eigenvalue weighted by molar-refractivity contribution is -0.150. The van der Waals surface area contributed by atoms with Gasteiger partial charge in [-0.15, -0.1) is 0 Å². The van der Waals surface area contributed by atoms with Crippen LogP contribution in [0.5, 0.6) is 0 Å². The normalized spacial score (nSPS) is 33.5. The average Bonchev–Trinajstić information content (AvgIpc) is 3.37. The highest BCUT2D eigenvalue weighted by Crippen LogP contribution is 2.53. The zero-order valence-electron chi connectivity index (χ0n) is 23.6. The molecule has 0 radical (unpaired) electrons. The van der Waals surface area contributed by atoms with E-state index in [1.165, 1.54) is 4.90 Å². The highest BCUT2D eigenvalue weighted by Gasteiger charge is 2.72. The van der Waals surface area contributed by atoms with Crippen molar-refractivity contribution in [2.45, 2.75) is 69.4 Å². The summed E-state index contributed by atoms with van der Waals surface area (Å²) in [5, 5.41) is 13.1. The van der Waals surface area contributed by atoms with Crippen molar-refractivity contribution in [2.75, 3.05) is 26.3 Å². The number of hydrogen-bond donors (Lipinski definition) is 2. The number of carbonyl (C=O) groups is 4. The summed E-state index contributed by atoms with van der Waals surface area (Å²) in [6.45, 7) is 4.26. The standard InChI is InChI=1S/C31H39N3O7/c1-3-4-16-33-17-10-15-31-26(29(38)34(20(2)18-35)27(31)30(33)39)25-23(41-31)13-8-9-14-24(36)40-19-22(32-28(25)37)21-11-6-5-7-12-21/h5-8,10-13,15,20,22-23,25-27,35H,3-4,9,14,16-19H2,1-2H3,(H,32,37)/b13-8-/t20-,22+,23-,25+,26+,27-,31+/m1/s1. The van der Waals surface area contributed by atoms with Gasteiger partial charge in [-0.25, -0.2) is 0 Å². The van der Waals surface area contributed by atoms with Gasteiger partial charge >= 0.3 is 5.97 Å². The number of esters is 1. The van der Waals surface area contributed by atoms with Gasteiger partial charge in [0, 0.05) is 19.5 Å². The molecule has 4 heterocycles. The Morgan fingerprint density at radius 1 is 1.12 bits per heavy atom. The Morgan fingerprint density at radius 3 is 2.63 bits per heavy atom. The Bertz CT molecular complexity index is 1220. The first-order chi connectivity index (χ1) is 19.8. The van der Waals surface area contributed by atoms with Gasteiger partial charge in [0.05, 0.1) is 36.6 Å². The van der Waals surface area contributed by atoms with Crippen LogP contribution in [0.4, 0.5) is 0 Å². The fourth-order valence-corrected chi connectivity index (χ4v) is 6.54. The third-order valence-corrected chi connectivity index (χ3v) is 8.61. The molecule has 3 amide bonds. The first-order valence-corrected chi connectivity index (χ1v) is 14.6. The minimum atomic E-state index is -1.38. The van der Waals surface area contributed by atoms with Crippen LogP contribution < -0.4 is 5.32 Å². The van der Waals surface area contributed by atoms with Crippen LogP contribution in [0.3, 0.4) is 0 Å². The van der Waals surface area contributed by atoms with Crippen LogP contribution in [0.25, 0.3) is 0 Å². The molecule has 5 rings (SSSR count). The van der Waals surface area contributed by atoms with E-state index in [1.54, 1.807) is 30.1 Å². The van der Waals surface area contributed by atoms with Crippen LogP contribution in [-0.4, -0.2) is 88.7 Å². The van der Waals surface area contributed by atoms with Crippen molar-refractivity contribution in [1.82, 2.24) is 15.1 Å². The second-order valence-corrected chi connectivity index (χ2v) is 11.3. The van der Waals surface area contributed by atoms with E-state index in [-0.39, 0.29) is 31.5 Å². The molecule has 0 aliphatic carbocycles. The van der Waals surface area contributed by atoms with Gasteiger partial charge in [-0.1, -0.05) is 68.0 Å². The number of rotatable bonds is 6. The topological polar surface area (TPSA) is 125 Å². The number of cyclic esters (lactones) is 1. The zero-order valence-corrected chi connectivity index (χ0v) is 23.6. The Morgan fingerprint density at radius 2 is 1.90 bits per heavy atom. The number of aliphatic hydroxyl groups is 1. The highest BCUT2D eigenvalue weighted by atomic mass is 16.5. The number of carbonyl (C=O) groups excluding carboxylic acids is 4. The lowest BCUT2D eigenvalue weighted by Crippen LogP contribution is -2.57. The summed E-state index contributed by atoms with van der Waals surface area (Å²) in [6.07, 6.45) is 8.60. The molecule has 10 heteroatoms. The number of ether oxygens (including phenoxy) is 2. The van der Waals surface area contributed by atoms with Gasteiger partial charge in [0.25, 0.3) is 0 Å². The molecule has 4 aliphatic heterocycles. The van der Waals surface area contributed by atoms with Gasteiger partial charge in [-0.2, -0.15) is 0 Å². The number of hydrogen-bond acceptors (Lipinski definition) is 7. The van der Waals surface area contributed by atoms with Crippen molar-refractivity contribution in [3.63, 3.8) is 0 Å². The summed E-state index contributed by atoms with van der Waals surface area (Å²) < 4.78 is 12.2. The monoisotopic (exact) mass is 565 g/mol. The third-order valence-electron chi connectivity index (χ3n) is 8.61. The summed E-state index contributed by atoms with van der Waals surface area (Å²) in [4.78, 5) is 58.0. The number of nitrogens with one attached hydrogen (secondary N) is 1. The molecule has 0 saturated carbocycles. The molecule has 1 aromatic rings. The first kappa shape index (κ1) is 29.0. The van der Waals surface area contributed by atoms with Crippen LogP contribution >= 0.6 is 0 Å². The van der Waals surface area contributed by atoms with E-state index in [2.05, 4.69) is 5.32 Å². The number of fused-ring (bicyclic) bond motifs is 2. The van der Waals surface area contributed by atoms with E-state index in [4.69, 9.17) is 9.47 Å². The lowest BCUT2D eigenvalue weighted by Gasteiger charge is -2.37. The number of unbranched alkanes of at least 4 members (excludes halogenated alkanes) is 1. The molecule has 4 aliphatic rings. The zero-order chi connectivity index (χ0) is 29.1. The number of likely N-dealkylation sites (tertiary alicyclic amines) is 1. The van der Waals surface area contributed by atoms with Crippen molar-refractivity contribution in [1.29, 1.82) is 0 Å². The lowest BCUT2D eigenvalue weighted by atomic mass is 9.77. The molecule has 7 atom stereocenters. The van der Waals surface area contributed by atoms with Gasteiger partial charge < -0.3 is 29.7 Å². The fourth-order valence-electron chi connectivity index (χ4n) is 6.54. The summed E-state index contributed by atoms with van der Waals surface area (Å²) in [7, 11) is 0. The minimum Gasteiger partial charge on any atom is -0.463 e. The molecule has 41 heavy (non-hydrogen) atoms. The Hall–Kier alpha value is -3.50. The molecule has 0 bridgehead atoms. The van der Waals surface area contributed by atoms with E-state index in [1.807, 2.05) is 43.3 Å². The molecule has 2 N–H and O–H groups in total. The third kappa shape index (κ3) is 5.30. The van der Waals surface area contributed by atoms with Crippen molar-refractivity contribution in [2.24, 2.45) is 11.8 Å². The van der Waals surface area contributed by atoms with Gasteiger partial charge in [-0.05, 0) is 25.3 Å². The van der Waals surface area contributed by atoms with Crippen LogP contribution in [0.1, 0.15) is 51.1 Å². The highest BCUT2D eigenvalue weighted by molar-refractivity contribution is 6.00. The number of aliphatic hydroxyl groups excluding tert-OH is 1. The maximum atomic E-state index is 14.3. The van der Waals surface area contributed by atoms with Crippen molar-refractivity contribution < 1.29 is 33.8 Å². The van der Waals surface area contributed by atoms with Crippen LogP contribution in [0, 0.1) is 11.8 Å². The Labute approximate surface area is 240 Å². The summed E-state index contributed by atoms with van der Waals surface area (Å²) in [6, 6.07) is 6.91. The van der Waals surface area contributed by atoms with Gasteiger partial charge in [-0.3, -0.25) is 19.2 Å². The SMILES string of the molecule is CCCCN1CC=C[C@]23O[C@@H]4/C=C\CCC(=O)OC[C@@H](c5ccccc5)NC(=O)[C@@H]4[C@H]2C(=O)N([C@H](C)CO)[C@@H]3C1=O. The maximum Gasteiger partial charge on any atom is 0.306 e. The van der Waals surface area contributed by atoms with Gasteiger partial charge in [0.15, 0.2) is 0 Å². The second-order valence-electron chi connectivity index (χ2n) is 11.3. The Kier molecular flexibility index (Phi) is 8.60. The average molecular weight is 566 g/mol. The fraction of sp³-hybridized carbons (Fsp3) is 0.548. The van der Waals surface area contributed by atoms with E-state index in [0.29, 0.717) is 19.5 Å². The van der Waals surface area contributed by atoms with Crippen molar-refractivity contribution in [3.05, 3.63) is 60.2 Å². The molecule has 1 aromatic carbocycles. The quantitative estimate of drug-likeness (QED) is 0.399. The largest absolute Gasteiger partial charge is 0.463 e. The molecule has 10 nitrogen and oxygen atoms in total. The van der Waals surface area contributed by atoms with E-state index >= 15 is 0 Å². The van der Waals surface area contributed by atoms with Crippen molar-refractivity contribution in [3.8, 4) is 0 Å². The van der Waals surface area contributed by atoms with Crippen molar-refractivity contribution >= 4 is 23.7 Å². The molecule has 2 fully saturated rings. The van der Waals surface area contributed by atoms with E-state index in [0.717, 1.165) is 18.4 Å². The summed E-state index contributed by atoms with van der Waals surface area (Å²) in [5.74, 6) is -3.37. The number of allylic oxidation sites excluding steroid dienone is 1. The predicted molar refractivity (Wildman–Crippen MR) is 149 cm³/mol. The molecule has 220 valence electrons. The predicted octanol–water partition coefficient (Wildman–Crippen LogP) is 1.90. The minimum absolute atomic E-state index is 0.0542. The number of amides is 3. The van der Waals surface area contributed by atoms with E-state index < -0.39 is 53.5 Å². The molecular formula is C31H39N3O7. The molecule has 0 unspecified atom stereocenters. The van der Waals surface area contributed by atoms with Crippen LogP contribution in [0.2, 0.25) is 0 Å². The molecule has 1 spiro atoms. The van der Waals surface area contributed by atoms with Crippen LogP contribution in [-0.2, 0) is 28.7 Å². The number of benzene rings is 1. The smallest absolute Gasteiger partial charge is 0.306 e. The summed E-state index contributed by atoms with van der Waals surface area (Å²) >= 11 is 0. The maximum absolute atomic E-state index is 14.3. The van der Waals surface area contributed by atoms with Gasteiger partial charge in [0.1, 0.15) is 18.2 Å². The summed E-state index contributed by atoms with van der Waals surface area (Å²) in [5.41, 5.74) is -0.627. The number of nitrogens with zero attached hydrogens (tertiary/aromatic N) is 2. The molecule has 0 aromatic heterocycles. The Balaban J connectivity index is 1.58. The first-order valence-electron chi connectivity index (χ1n) is 14.6. The van der Waals surface area contributed by atoms with E-state index in [9.17, 15) is 24.3 Å².